The van der Waals surface area contributed by atoms with E-state index in [9.17, 15) is 0 Å². The summed E-state index contributed by atoms with van der Waals surface area (Å²) in [5.41, 5.74) is 1.24. The van der Waals surface area contributed by atoms with Crippen LogP contribution in [0.4, 0.5) is 5.69 Å². The Hall–Kier alpha value is -2.21. The minimum absolute atomic E-state index is 0.348. The number of aliphatic imine (C=N–C) groups is 1. The van der Waals surface area contributed by atoms with Crippen LogP contribution in [-0.4, -0.2) is 45.8 Å². The van der Waals surface area contributed by atoms with Crippen LogP contribution < -0.4 is 20.3 Å². The molecule has 0 radical (unpaired) electrons. The molecule has 0 saturated carbocycles. The fraction of sp³-hybridized carbons (Fsp3) is 0.500. The van der Waals surface area contributed by atoms with Gasteiger partial charge in [-0.2, -0.15) is 0 Å². The molecule has 2 aromatic rings. The Labute approximate surface area is 172 Å². The van der Waals surface area contributed by atoms with Gasteiger partial charge in [-0.05, 0) is 50.5 Å². The maximum Gasteiger partial charge on any atom is 0.191 e. The molecule has 2 heterocycles. The Morgan fingerprint density at radius 3 is 2.93 bits per heavy atom. The van der Waals surface area contributed by atoms with Gasteiger partial charge in [0.05, 0.1) is 7.11 Å². The zero-order valence-electron chi connectivity index (χ0n) is 17.4. The van der Waals surface area contributed by atoms with Gasteiger partial charge in [-0.3, -0.25) is 4.99 Å². The Kier molecular flexibility index (Phi) is 7.20. The van der Waals surface area contributed by atoms with Crippen LogP contribution in [0.1, 0.15) is 23.1 Å². The zero-order valence-corrected chi connectivity index (χ0v) is 18.2. The highest BCUT2D eigenvalue weighted by Gasteiger charge is 2.23. The lowest BCUT2D eigenvalue weighted by Crippen LogP contribution is -2.44. The molecule has 1 aromatic carbocycles. The second kappa shape index (κ2) is 9.82. The smallest absolute Gasteiger partial charge is 0.191 e. The van der Waals surface area contributed by atoms with Crippen LogP contribution in [0.2, 0.25) is 0 Å². The van der Waals surface area contributed by atoms with E-state index in [1.165, 1.54) is 21.9 Å². The lowest BCUT2D eigenvalue weighted by Gasteiger charge is -2.21. The average Bonchev–Trinajstić information content (AvgIpc) is 3.34. The van der Waals surface area contributed by atoms with Gasteiger partial charge in [0.2, 0.25) is 0 Å². The first kappa shape index (κ1) is 20.5. The van der Waals surface area contributed by atoms with Gasteiger partial charge in [0.1, 0.15) is 5.75 Å². The number of nitrogens with zero attached hydrogens (tertiary/aromatic N) is 2. The highest BCUT2D eigenvalue weighted by molar-refractivity contribution is 7.11. The molecule has 6 heteroatoms. The van der Waals surface area contributed by atoms with Crippen molar-refractivity contribution in [2.45, 2.75) is 32.7 Å². The van der Waals surface area contributed by atoms with Crippen molar-refractivity contribution in [3.8, 4) is 5.75 Å². The summed E-state index contributed by atoms with van der Waals surface area (Å²) in [7, 11) is 3.56. The highest BCUT2D eigenvalue weighted by Crippen LogP contribution is 2.26. The van der Waals surface area contributed by atoms with Crippen molar-refractivity contribution in [2.24, 2.45) is 10.9 Å². The SMILES string of the molecule is CN=C(NCC1CCN(c2cccc(OC)c2)C1)NC(C)Cc1ccc(C)s1. The van der Waals surface area contributed by atoms with E-state index >= 15 is 0 Å². The molecular formula is C22H32N4OS. The summed E-state index contributed by atoms with van der Waals surface area (Å²) in [4.78, 5) is 9.62. The molecule has 0 bridgehead atoms. The number of hydrogen-bond donors (Lipinski definition) is 2. The molecule has 152 valence electrons. The molecule has 0 spiro atoms. The van der Waals surface area contributed by atoms with Crippen molar-refractivity contribution < 1.29 is 4.74 Å². The number of rotatable bonds is 7. The van der Waals surface area contributed by atoms with E-state index in [1.807, 2.05) is 24.5 Å². The predicted molar refractivity (Wildman–Crippen MR) is 120 cm³/mol. The number of nitrogens with one attached hydrogen (secondary N) is 2. The van der Waals surface area contributed by atoms with Gasteiger partial charge < -0.3 is 20.3 Å². The average molecular weight is 401 g/mol. The van der Waals surface area contributed by atoms with Crippen LogP contribution in [0.15, 0.2) is 41.4 Å². The number of benzene rings is 1. The molecule has 0 aliphatic carbocycles. The molecule has 1 aliphatic heterocycles. The molecule has 2 unspecified atom stereocenters. The van der Waals surface area contributed by atoms with Gasteiger partial charge in [0.15, 0.2) is 5.96 Å². The third-order valence-electron chi connectivity index (χ3n) is 5.17. The molecule has 3 rings (SSSR count). The quantitative estimate of drug-likeness (QED) is 0.550. The van der Waals surface area contributed by atoms with Crippen molar-refractivity contribution in [2.75, 3.05) is 38.7 Å². The number of thiophene rings is 1. The van der Waals surface area contributed by atoms with Gasteiger partial charge in [0, 0.05) is 60.7 Å². The number of anilines is 1. The van der Waals surface area contributed by atoms with Crippen molar-refractivity contribution in [1.82, 2.24) is 10.6 Å². The zero-order chi connectivity index (χ0) is 19.9. The second-order valence-electron chi connectivity index (χ2n) is 7.52. The normalized spacial score (nSPS) is 18.2. The number of aryl methyl sites for hydroxylation is 1. The lowest BCUT2D eigenvalue weighted by molar-refractivity contribution is 0.415. The molecule has 2 atom stereocenters. The molecule has 1 aliphatic rings. The first-order chi connectivity index (χ1) is 13.6. The second-order valence-corrected chi connectivity index (χ2v) is 8.89. The van der Waals surface area contributed by atoms with Gasteiger partial charge in [-0.15, -0.1) is 11.3 Å². The summed E-state index contributed by atoms with van der Waals surface area (Å²) in [6, 6.07) is 13.1. The molecule has 1 saturated heterocycles. The maximum atomic E-state index is 5.35. The largest absolute Gasteiger partial charge is 0.497 e. The van der Waals surface area contributed by atoms with Crippen LogP contribution in [0.25, 0.3) is 0 Å². The number of hydrogen-bond acceptors (Lipinski definition) is 4. The van der Waals surface area contributed by atoms with Crippen molar-refractivity contribution in [3.05, 3.63) is 46.2 Å². The number of methoxy groups -OCH3 is 1. The Morgan fingerprint density at radius 2 is 2.21 bits per heavy atom. The van der Waals surface area contributed by atoms with Gasteiger partial charge in [-0.25, -0.2) is 0 Å². The first-order valence-electron chi connectivity index (χ1n) is 9.99. The lowest BCUT2D eigenvalue weighted by atomic mass is 10.1. The van der Waals surface area contributed by atoms with E-state index < -0.39 is 0 Å². The van der Waals surface area contributed by atoms with Crippen molar-refractivity contribution >= 4 is 23.0 Å². The summed E-state index contributed by atoms with van der Waals surface area (Å²) in [6.45, 7) is 7.44. The molecule has 28 heavy (non-hydrogen) atoms. The minimum atomic E-state index is 0.348. The molecule has 5 nitrogen and oxygen atoms in total. The van der Waals surface area contributed by atoms with Gasteiger partial charge in [0.25, 0.3) is 0 Å². The predicted octanol–water partition coefficient (Wildman–Crippen LogP) is 3.69. The van der Waals surface area contributed by atoms with Crippen LogP contribution >= 0.6 is 11.3 Å². The summed E-state index contributed by atoms with van der Waals surface area (Å²) in [6.07, 6.45) is 2.21. The summed E-state index contributed by atoms with van der Waals surface area (Å²) in [5, 5.41) is 7.04. The molecule has 1 fully saturated rings. The molecule has 0 amide bonds. The molecule has 1 aromatic heterocycles. The van der Waals surface area contributed by atoms with E-state index in [2.05, 4.69) is 64.7 Å². The van der Waals surface area contributed by atoms with E-state index in [0.717, 1.165) is 37.8 Å². The third-order valence-corrected chi connectivity index (χ3v) is 6.20. The van der Waals surface area contributed by atoms with E-state index in [1.54, 1.807) is 7.11 Å². The highest BCUT2D eigenvalue weighted by atomic mass is 32.1. The number of guanidine groups is 1. The third kappa shape index (κ3) is 5.64. The van der Waals surface area contributed by atoms with Crippen LogP contribution in [0.5, 0.6) is 5.75 Å². The van der Waals surface area contributed by atoms with E-state index in [-0.39, 0.29) is 0 Å². The van der Waals surface area contributed by atoms with Crippen LogP contribution in [0.3, 0.4) is 0 Å². The van der Waals surface area contributed by atoms with E-state index in [0.29, 0.717) is 12.0 Å². The first-order valence-corrected chi connectivity index (χ1v) is 10.8. The van der Waals surface area contributed by atoms with Crippen molar-refractivity contribution in [1.29, 1.82) is 0 Å². The minimum Gasteiger partial charge on any atom is -0.497 e. The fourth-order valence-corrected chi connectivity index (χ4v) is 4.68. The number of ether oxygens (including phenoxy) is 1. The monoisotopic (exact) mass is 400 g/mol. The standard InChI is InChI=1S/C22H32N4OS/c1-16(12-21-9-8-17(2)28-21)25-22(23-3)24-14-18-10-11-26(15-18)19-6-5-7-20(13-19)27-4/h5-9,13,16,18H,10-12,14-15H2,1-4H3,(H2,23,24,25). The van der Waals surface area contributed by atoms with E-state index in [4.69, 9.17) is 4.74 Å². The summed E-state index contributed by atoms with van der Waals surface area (Å²) in [5.74, 6) is 2.42. The Balaban J connectivity index is 1.45. The fourth-order valence-electron chi connectivity index (χ4n) is 3.66. The molecular weight excluding hydrogens is 368 g/mol. The van der Waals surface area contributed by atoms with Gasteiger partial charge in [-0.1, -0.05) is 6.07 Å². The Bertz CT molecular complexity index is 788. The van der Waals surface area contributed by atoms with Gasteiger partial charge >= 0.3 is 0 Å². The molecule has 2 N–H and O–H groups in total. The Morgan fingerprint density at radius 1 is 1.36 bits per heavy atom. The van der Waals surface area contributed by atoms with Crippen molar-refractivity contribution in [3.63, 3.8) is 0 Å². The maximum absolute atomic E-state index is 5.35. The van der Waals surface area contributed by atoms with Crippen LogP contribution in [-0.2, 0) is 6.42 Å². The van der Waals surface area contributed by atoms with Crippen LogP contribution in [0, 0.1) is 12.8 Å². The summed E-state index contributed by atoms with van der Waals surface area (Å²) < 4.78 is 5.35. The summed E-state index contributed by atoms with van der Waals surface area (Å²) >= 11 is 1.87. The topological polar surface area (TPSA) is 48.9 Å².